The fourth-order valence-corrected chi connectivity index (χ4v) is 5.45. The van der Waals surface area contributed by atoms with Crippen molar-refractivity contribution >= 4 is 38.4 Å². The molecule has 0 aliphatic carbocycles. The summed E-state index contributed by atoms with van der Waals surface area (Å²) in [6.07, 6.45) is 0.444. The van der Waals surface area contributed by atoms with Crippen LogP contribution in [0.3, 0.4) is 0 Å². The van der Waals surface area contributed by atoms with Crippen LogP contribution in [0.25, 0.3) is 27.8 Å². The van der Waals surface area contributed by atoms with Gasteiger partial charge in [-0.15, -0.1) is 15.3 Å². The van der Waals surface area contributed by atoms with E-state index in [2.05, 4.69) is 41.4 Å². The maximum Gasteiger partial charge on any atom is 0.167 e. The second-order valence-electron chi connectivity index (χ2n) is 9.42. The van der Waals surface area contributed by atoms with Gasteiger partial charge in [0.05, 0.1) is 34.5 Å². The standard InChI is InChI=1S/C26H21BrClF2N7O3/c1-12-32-34-26(37(12)19-8-15(28)5-13-3-2-4-31-24(13)19)21-9-20(25(39)22(11-38)40-21)36-10-18(33-35-36)14-6-16(29)23(27)17(30)7-14/h2-8,10,20-22,25,38-39H,9,11H2,1H3. The summed E-state index contributed by atoms with van der Waals surface area (Å²) >= 11 is 9.29. The summed E-state index contributed by atoms with van der Waals surface area (Å²) in [5.41, 5.74) is 1.71. The van der Waals surface area contributed by atoms with Crippen LogP contribution in [0.2, 0.25) is 5.02 Å². The van der Waals surface area contributed by atoms with Crippen LogP contribution in [-0.4, -0.2) is 63.8 Å². The first-order valence-electron chi connectivity index (χ1n) is 12.2. The number of hydrogen-bond donors (Lipinski definition) is 2. The highest BCUT2D eigenvalue weighted by molar-refractivity contribution is 9.10. The van der Waals surface area contributed by atoms with Crippen molar-refractivity contribution in [1.82, 2.24) is 34.7 Å². The van der Waals surface area contributed by atoms with Crippen LogP contribution in [0.1, 0.15) is 30.2 Å². The monoisotopic (exact) mass is 631 g/mol. The number of pyridine rings is 1. The number of aliphatic hydroxyl groups excluding tert-OH is 2. The molecule has 6 rings (SSSR count). The van der Waals surface area contributed by atoms with Gasteiger partial charge in [-0.25, -0.2) is 13.5 Å². The van der Waals surface area contributed by atoms with Crippen LogP contribution in [0.4, 0.5) is 8.78 Å². The van der Waals surface area contributed by atoms with Gasteiger partial charge in [-0.05, 0) is 53.2 Å². The van der Waals surface area contributed by atoms with Crippen molar-refractivity contribution in [3.8, 4) is 16.9 Å². The molecule has 1 fully saturated rings. The fraction of sp³-hybridized carbons (Fsp3) is 0.269. The second-order valence-corrected chi connectivity index (χ2v) is 10.6. The van der Waals surface area contributed by atoms with Gasteiger partial charge in [0.25, 0.3) is 0 Å². The molecule has 1 aliphatic heterocycles. The first-order chi connectivity index (χ1) is 19.2. The summed E-state index contributed by atoms with van der Waals surface area (Å²) in [7, 11) is 0. The van der Waals surface area contributed by atoms with Gasteiger partial charge < -0.3 is 14.9 Å². The number of hydrogen-bond acceptors (Lipinski definition) is 8. The quantitative estimate of drug-likeness (QED) is 0.272. The van der Waals surface area contributed by atoms with Crippen molar-refractivity contribution in [3.05, 3.63) is 81.6 Å². The van der Waals surface area contributed by atoms with E-state index in [-0.39, 0.29) is 22.2 Å². The molecule has 2 aromatic carbocycles. The molecule has 2 N–H and O–H groups in total. The minimum Gasteiger partial charge on any atom is -0.394 e. The summed E-state index contributed by atoms with van der Waals surface area (Å²) in [4.78, 5) is 4.53. The average Bonchev–Trinajstić information content (AvgIpc) is 3.58. The molecule has 0 amide bonds. The Kier molecular flexibility index (Phi) is 7.09. The highest BCUT2D eigenvalue weighted by atomic mass is 79.9. The minimum absolute atomic E-state index is 0.174. The highest BCUT2D eigenvalue weighted by Crippen LogP contribution is 2.39. The van der Waals surface area contributed by atoms with Gasteiger partial charge in [-0.2, -0.15) is 0 Å². The molecular formula is C26H21BrClF2N7O3. The van der Waals surface area contributed by atoms with Crippen molar-refractivity contribution in [1.29, 1.82) is 0 Å². The Morgan fingerprint density at radius 1 is 1.15 bits per heavy atom. The number of rotatable bonds is 5. The van der Waals surface area contributed by atoms with E-state index >= 15 is 0 Å². The van der Waals surface area contributed by atoms with Gasteiger partial charge in [-0.1, -0.05) is 22.9 Å². The van der Waals surface area contributed by atoms with Crippen LogP contribution >= 0.6 is 27.5 Å². The normalized spacial score (nSPS) is 21.3. The maximum absolute atomic E-state index is 14.1. The lowest BCUT2D eigenvalue weighted by molar-refractivity contribution is -0.161. The third-order valence-corrected chi connectivity index (χ3v) is 7.88. The fourth-order valence-electron chi connectivity index (χ4n) is 5.00. The second kappa shape index (κ2) is 10.6. The number of aliphatic hydroxyl groups is 2. The Bertz CT molecular complexity index is 1710. The van der Waals surface area contributed by atoms with E-state index in [9.17, 15) is 19.0 Å². The number of fused-ring (bicyclic) bond motifs is 1. The molecule has 1 saturated heterocycles. The lowest BCUT2D eigenvalue weighted by atomic mass is 9.95. The first-order valence-corrected chi connectivity index (χ1v) is 13.4. The van der Waals surface area contributed by atoms with E-state index < -0.39 is 42.6 Å². The zero-order valence-corrected chi connectivity index (χ0v) is 23.1. The third-order valence-electron chi connectivity index (χ3n) is 6.91. The number of halogens is 4. The Labute approximate surface area is 239 Å². The minimum atomic E-state index is -1.17. The number of ether oxygens (including phenoxy) is 1. The summed E-state index contributed by atoms with van der Waals surface area (Å²) in [5.74, 6) is -0.597. The first kappa shape index (κ1) is 26.8. The molecule has 10 nitrogen and oxygen atoms in total. The van der Waals surface area contributed by atoms with Crippen molar-refractivity contribution < 1.29 is 23.7 Å². The number of nitrogens with zero attached hydrogens (tertiary/aromatic N) is 7. The van der Waals surface area contributed by atoms with Crippen molar-refractivity contribution in [3.63, 3.8) is 0 Å². The molecule has 14 heteroatoms. The zero-order valence-electron chi connectivity index (χ0n) is 20.8. The van der Waals surface area contributed by atoms with Gasteiger partial charge >= 0.3 is 0 Å². The van der Waals surface area contributed by atoms with Gasteiger partial charge in [0.15, 0.2) is 5.82 Å². The van der Waals surface area contributed by atoms with Crippen LogP contribution in [0.15, 0.2) is 53.3 Å². The smallest absolute Gasteiger partial charge is 0.167 e. The maximum atomic E-state index is 14.1. The van der Waals surface area contributed by atoms with Gasteiger partial charge in [-0.3, -0.25) is 9.55 Å². The van der Waals surface area contributed by atoms with Crippen molar-refractivity contribution in [2.24, 2.45) is 0 Å². The number of aromatic nitrogens is 7. The van der Waals surface area contributed by atoms with E-state index in [1.165, 1.54) is 10.9 Å². The van der Waals surface area contributed by atoms with E-state index in [1.54, 1.807) is 23.8 Å². The van der Waals surface area contributed by atoms with Crippen LogP contribution in [-0.2, 0) is 4.74 Å². The average molecular weight is 633 g/mol. The largest absolute Gasteiger partial charge is 0.394 e. The Morgan fingerprint density at radius 2 is 1.93 bits per heavy atom. The van der Waals surface area contributed by atoms with Crippen LogP contribution < -0.4 is 0 Å². The predicted molar refractivity (Wildman–Crippen MR) is 144 cm³/mol. The summed E-state index contributed by atoms with van der Waals surface area (Å²) in [6.45, 7) is 1.30. The molecule has 0 bridgehead atoms. The number of aryl methyl sites for hydroxylation is 1. The Morgan fingerprint density at radius 3 is 2.67 bits per heavy atom. The summed E-state index contributed by atoms with van der Waals surface area (Å²) < 4.78 is 37.3. The molecule has 1 aliphatic rings. The molecule has 4 heterocycles. The molecule has 40 heavy (non-hydrogen) atoms. The van der Waals surface area contributed by atoms with Gasteiger partial charge in [0.2, 0.25) is 0 Å². The molecule has 0 spiro atoms. The van der Waals surface area contributed by atoms with Crippen LogP contribution in [0.5, 0.6) is 0 Å². The molecule has 4 unspecified atom stereocenters. The third kappa shape index (κ3) is 4.67. The van der Waals surface area contributed by atoms with Gasteiger partial charge in [0.1, 0.15) is 41.5 Å². The molecule has 3 aromatic heterocycles. The molecular weight excluding hydrogens is 612 g/mol. The molecule has 5 aromatic rings. The lowest BCUT2D eigenvalue weighted by Gasteiger charge is -2.38. The molecule has 0 radical (unpaired) electrons. The Hall–Kier alpha value is -3.36. The SMILES string of the molecule is Cc1nnc(C2CC(n3cc(-c4cc(F)c(Br)c(F)c4)nn3)C(O)C(CO)O2)n1-c1cc(Cl)cc2cccnc12. The highest BCUT2D eigenvalue weighted by Gasteiger charge is 2.42. The van der Waals surface area contributed by atoms with E-state index in [0.29, 0.717) is 27.9 Å². The zero-order chi connectivity index (χ0) is 28.1. The predicted octanol–water partition coefficient (Wildman–Crippen LogP) is 4.50. The van der Waals surface area contributed by atoms with E-state index in [4.69, 9.17) is 16.3 Å². The molecule has 206 valence electrons. The topological polar surface area (TPSA) is 124 Å². The molecule has 4 atom stereocenters. The van der Waals surface area contributed by atoms with Crippen LogP contribution in [0, 0.1) is 18.6 Å². The van der Waals surface area contributed by atoms with E-state index in [1.807, 2.05) is 18.2 Å². The Balaban J connectivity index is 1.39. The van der Waals surface area contributed by atoms with E-state index in [0.717, 1.165) is 17.5 Å². The van der Waals surface area contributed by atoms with Crippen molar-refractivity contribution in [2.75, 3.05) is 6.61 Å². The van der Waals surface area contributed by atoms with Crippen molar-refractivity contribution in [2.45, 2.75) is 37.7 Å². The van der Waals surface area contributed by atoms with Gasteiger partial charge in [0, 0.05) is 28.6 Å². The number of benzene rings is 2. The summed E-state index contributed by atoms with van der Waals surface area (Å²) in [6, 6.07) is 8.83. The summed E-state index contributed by atoms with van der Waals surface area (Å²) in [5, 5.41) is 39.2. The molecule has 0 saturated carbocycles. The lowest BCUT2D eigenvalue weighted by Crippen LogP contribution is -2.45.